The minimum absolute atomic E-state index is 0.170. The van der Waals surface area contributed by atoms with Gasteiger partial charge in [0.15, 0.2) is 0 Å². The summed E-state index contributed by atoms with van der Waals surface area (Å²) in [6.45, 7) is 4.72. The van der Waals surface area contributed by atoms with Gasteiger partial charge in [0.1, 0.15) is 0 Å². The minimum Gasteiger partial charge on any atom is -0.370 e. The van der Waals surface area contributed by atoms with Crippen molar-refractivity contribution >= 4 is 5.91 Å². The second kappa shape index (κ2) is 4.19. The number of hydrogen-bond donors (Lipinski definition) is 2. The summed E-state index contributed by atoms with van der Waals surface area (Å²) >= 11 is 0. The lowest BCUT2D eigenvalue weighted by atomic mass is 9.97. The second-order valence-corrected chi connectivity index (χ2v) is 5.22. The number of hydrogen-bond acceptors (Lipinski definition) is 3. The van der Waals surface area contributed by atoms with Gasteiger partial charge < -0.3 is 11.1 Å². The van der Waals surface area contributed by atoms with Crippen LogP contribution in [-0.4, -0.2) is 18.0 Å². The number of amides is 1. The molecule has 1 aliphatic carbocycles. The Morgan fingerprint density at radius 1 is 1.60 bits per heavy atom. The molecule has 0 unspecified atom stereocenters. The molecule has 1 fully saturated rings. The second-order valence-electron chi connectivity index (χ2n) is 5.22. The Labute approximate surface area is 90.8 Å². The van der Waals surface area contributed by atoms with Crippen molar-refractivity contribution in [1.82, 2.24) is 5.32 Å². The van der Waals surface area contributed by atoms with Gasteiger partial charge in [-0.05, 0) is 32.1 Å². The highest BCUT2D eigenvalue weighted by atomic mass is 16.1. The lowest BCUT2D eigenvalue weighted by molar-refractivity contribution is -0.119. The van der Waals surface area contributed by atoms with Crippen molar-refractivity contribution in [1.29, 1.82) is 5.26 Å². The van der Waals surface area contributed by atoms with Crippen LogP contribution in [0.3, 0.4) is 0 Å². The van der Waals surface area contributed by atoms with Crippen LogP contribution >= 0.6 is 0 Å². The lowest BCUT2D eigenvalue weighted by Crippen LogP contribution is -2.45. The van der Waals surface area contributed by atoms with Crippen LogP contribution in [0, 0.1) is 16.7 Å². The molecule has 4 nitrogen and oxygen atoms in total. The highest BCUT2D eigenvalue weighted by Gasteiger charge is 2.43. The van der Waals surface area contributed by atoms with Gasteiger partial charge in [0, 0.05) is 24.9 Å². The first kappa shape index (κ1) is 12.0. The molecule has 0 heterocycles. The van der Waals surface area contributed by atoms with E-state index >= 15 is 0 Å². The van der Waals surface area contributed by atoms with Gasteiger partial charge in [-0.3, -0.25) is 4.79 Å². The number of nitriles is 1. The van der Waals surface area contributed by atoms with Gasteiger partial charge in [-0.2, -0.15) is 5.26 Å². The fourth-order valence-corrected chi connectivity index (χ4v) is 1.69. The van der Waals surface area contributed by atoms with Crippen molar-refractivity contribution in [3.05, 3.63) is 0 Å². The van der Waals surface area contributed by atoms with Crippen LogP contribution in [0.2, 0.25) is 0 Å². The van der Waals surface area contributed by atoms with E-state index in [2.05, 4.69) is 11.4 Å². The highest BCUT2D eigenvalue weighted by Crippen LogP contribution is 2.48. The molecule has 0 aromatic carbocycles. The monoisotopic (exact) mass is 209 g/mol. The SMILES string of the molecule is CC(C)(CC(N)=O)NCC1(CC#N)CC1. The molecule has 1 saturated carbocycles. The zero-order chi connectivity index (χ0) is 11.5. The van der Waals surface area contributed by atoms with Crippen LogP contribution < -0.4 is 11.1 Å². The summed E-state index contributed by atoms with van der Waals surface area (Å²) in [4.78, 5) is 10.8. The number of primary amides is 1. The maximum Gasteiger partial charge on any atom is 0.219 e. The summed E-state index contributed by atoms with van der Waals surface area (Å²) in [7, 11) is 0. The van der Waals surface area contributed by atoms with Gasteiger partial charge in [0.05, 0.1) is 6.07 Å². The van der Waals surface area contributed by atoms with Crippen molar-refractivity contribution in [3.63, 3.8) is 0 Å². The van der Waals surface area contributed by atoms with E-state index in [1.165, 1.54) is 0 Å². The van der Waals surface area contributed by atoms with Crippen molar-refractivity contribution < 1.29 is 4.79 Å². The van der Waals surface area contributed by atoms with Crippen molar-refractivity contribution in [3.8, 4) is 6.07 Å². The smallest absolute Gasteiger partial charge is 0.219 e. The van der Waals surface area contributed by atoms with E-state index in [0.29, 0.717) is 12.8 Å². The molecule has 0 aromatic rings. The van der Waals surface area contributed by atoms with Crippen LogP contribution in [0.15, 0.2) is 0 Å². The third kappa shape index (κ3) is 3.88. The lowest BCUT2D eigenvalue weighted by Gasteiger charge is -2.27. The molecule has 1 aliphatic rings. The first-order chi connectivity index (χ1) is 6.89. The van der Waals surface area contributed by atoms with Crippen LogP contribution in [0.25, 0.3) is 0 Å². The molecular formula is C11H19N3O. The molecule has 15 heavy (non-hydrogen) atoms. The van der Waals surface area contributed by atoms with Gasteiger partial charge in [0.2, 0.25) is 5.91 Å². The fraction of sp³-hybridized carbons (Fsp3) is 0.818. The maximum atomic E-state index is 10.8. The summed E-state index contributed by atoms with van der Waals surface area (Å²) in [5, 5.41) is 12.0. The Morgan fingerprint density at radius 2 is 2.20 bits per heavy atom. The predicted octanol–water partition coefficient (Wildman–Crippen LogP) is 0.924. The van der Waals surface area contributed by atoms with Crippen molar-refractivity contribution in [2.24, 2.45) is 11.1 Å². The van der Waals surface area contributed by atoms with Crippen LogP contribution in [0.1, 0.15) is 39.5 Å². The molecule has 1 rings (SSSR count). The van der Waals surface area contributed by atoms with E-state index in [1.54, 1.807) is 0 Å². The molecule has 0 radical (unpaired) electrons. The molecule has 84 valence electrons. The summed E-state index contributed by atoms with van der Waals surface area (Å²) in [5.41, 5.74) is 5.06. The Morgan fingerprint density at radius 3 is 2.60 bits per heavy atom. The predicted molar refractivity (Wildman–Crippen MR) is 57.8 cm³/mol. The molecule has 0 bridgehead atoms. The van der Waals surface area contributed by atoms with Crippen LogP contribution in [-0.2, 0) is 4.79 Å². The maximum absolute atomic E-state index is 10.8. The zero-order valence-electron chi connectivity index (χ0n) is 9.47. The number of nitrogens with two attached hydrogens (primary N) is 1. The van der Waals surface area contributed by atoms with Gasteiger partial charge >= 0.3 is 0 Å². The number of nitrogens with zero attached hydrogens (tertiary/aromatic N) is 1. The first-order valence-electron chi connectivity index (χ1n) is 5.29. The van der Waals surface area contributed by atoms with Gasteiger partial charge in [0.25, 0.3) is 0 Å². The molecule has 0 spiro atoms. The third-order valence-electron chi connectivity index (χ3n) is 2.97. The molecule has 0 saturated heterocycles. The Kier molecular flexibility index (Phi) is 3.35. The molecule has 3 N–H and O–H groups in total. The number of carbonyl (C=O) groups excluding carboxylic acids is 1. The molecule has 1 amide bonds. The van der Waals surface area contributed by atoms with E-state index < -0.39 is 0 Å². The summed E-state index contributed by atoms with van der Waals surface area (Å²) < 4.78 is 0. The molecule has 0 atom stereocenters. The highest BCUT2D eigenvalue weighted by molar-refractivity contribution is 5.74. The van der Waals surface area contributed by atoms with Crippen molar-refractivity contribution in [2.75, 3.05) is 6.54 Å². The Balaban J connectivity index is 2.36. The fourth-order valence-electron chi connectivity index (χ4n) is 1.69. The largest absolute Gasteiger partial charge is 0.370 e. The van der Waals surface area contributed by atoms with Crippen LogP contribution in [0.5, 0.6) is 0 Å². The van der Waals surface area contributed by atoms with Gasteiger partial charge in [-0.1, -0.05) is 0 Å². The van der Waals surface area contributed by atoms with E-state index in [9.17, 15) is 4.79 Å². The molecule has 4 heteroatoms. The molecule has 0 aromatic heterocycles. The molecule has 0 aliphatic heterocycles. The number of carbonyl (C=O) groups is 1. The standard InChI is InChI=1S/C11H19N3O/c1-10(2,7-9(13)15)14-8-11(3-4-11)5-6-12/h14H,3-5,7-8H2,1-2H3,(H2,13,15). The average Bonchev–Trinajstić information content (AvgIpc) is 2.81. The topological polar surface area (TPSA) is 78.9 Å². The average molecular weight is 209 g/mol. The van der Waals surface area contributed by atoms with E-state index in [1.807, 2.05) is 13.8 Å². The van der Waals surface area contributed by atoms with E-state index in [0.717, 1.165) is 19.4 Å². The van der Waals surface area contributed by atoms with Gasteiger partial charge in [-0.15, -0.1) is 0 Å². The quantitative estimate of drug-likeness (QED) is 0.682. The Bertz CT molecular complexity index is 287. The summed E-state index contributed by atoms with van der Waals surface area (Å²) in [5.74, 6) is -0.294. The molecular weight excluding hydrogens is 190 g/mol. The summed E-state index contributed by atoms with van der Waals surface area (Å²) in [6.07, 6.45) is 3.16. The van der Waals surface area contributed by atoms with Crippen LogP contribution in [0.4, 0.5) is 0 Å². The summed E-state index contributed by atoms with van der Waals surface area (Å²) in [6, 6.07) is 2.22. The zero-order valence-corrected chi connectivity index (χ0v) is 9.47. The number of rotatable bonds is 6. The minimum atomic E-state index is -0.294. The van der Waals surface area contributed by atoms with Crippen molar-refractivity contribution in [2.45, 2.75) is 45.1 Å². The third-order valence-corrected chi connectivity index (χ3v) is 2.97. The Hall–Kier alpha value is -1.08. The number of nitrogens with one attached hydrogen (secondary N) is 1. The first-order valence-corrected chi connectivity index (χ1v) is 5.29. The normalized spacial score (nSPS) is 18.2. The van der Waals surface area contributed by atoms with Gasteiger partial charge in [-0.25, -0.2) is 0 Å². The van der Waals surface area contributed by atoms with E-state index in [-0.39, 0.29) is 16.9 Å². The van der Waals surface area contributed by atoms with E-state index in [4.69, 9.17) is 11.0 Å².